The third-order valence-electron chi connectivity index (χ3n) is 7.47. The largest absolute Gasteiger partial charge is 0.476 e. The molecule has 1 unspecified atom stereocenters. The highest BCUT2D eigenvalue weighted by molar-refractivity contribution is 8.13. The fourth-order valence-corrected chi connectivity index (χ4v) is 7.33. The molecule has 4 rings (SSSR count). The zero-order chi connectivity index (χ0) is 35.8. The molecule has 0 radical (unpaired) electrons. The molecule has 270 valence electrons. The lowest BCUT2D eigenvalue weighted by Gasteiger charge is -2.26. The zero-order valence-electron chi connectivity index (χ0n) is 28.0. The SMILES string of the molecule is CCOC(=O)NCC(C)(C)C(=O)SCCOP(=O)(NCc1ccccc1)OC[C@H]1O[C@@H](n2cnc3c(OCC)nc(N)nc32)[C@](C)(Cl)[C@@H]1O. The molecular formula is C30H43ClN7O9PS. The molecule has 0 saturated carbocycles. The van der Waals surface area contributed by atoms with Crippen LogP contribution >= 0.6 is 31.1 Å². The minimum Gasteiger partial charge on any atom is -0.476 e. The zero-order valence-corrected chi connectivity index (χ0v) is 30.4. The number of thioether (sulfide) groups is 1. The molecule has 0 aliphatic carbocycles. The Morgan fingerprint density at radius 2 is 1.94 bits per heavy atom. The van der Waals surface area contributed by atoms with Crippen LogP contribution in [0.5, 0.6) is 5.88 Å². The Labute approximate surface area is 293 Å². The second-order valence-electron chi connectivity index (χ2n) is 11.8. The monoisotopic (exact) mass is 743 g/mol. The van der Waals surface area contributed by atoms with E-state index in [4.69, 9.17) is 40.6 Å². The number of hydrogen-bond donors (Lipinski definition) is 4. The molecule has 49 heavy (non-hydrogen) atoms. The Morgan fingerprint density at radius 3 is 2.63 bits per heavy atom. The number of ether oxygens (including phenoxy) is 3. The van der Waals surface area contributed by atoms with Gasteiger partial charge < -0.3 is 30.4 Å². The van der Waals surface area contributed by atoms with E-state index in [1.54, 1.807) is 34.6 Å². The number of aromatic nitrogens is 4. The number of carbonyl (C=O) groups excluding carboxylic acids is 2. The van der Waals surface area contributed by atoms with Crippen molar-refractivity contribution in [3.63, 3.8) is 0 Å². The van der Waals surface area contributed by atoms with E-state index in [2.05, 4.69) is 25.4 Å². The number of nitrogens with one attached hydrogen (secondary N) is 2. The van der Waals surface area contributed by atoms with Crippen molar-refractivity contribution < 1.29 is 42.5 Å². The summed E-state index contributed by atoms with van der Waals surface area (Å²) in [6.45, 7) is 8.73. The summed E-state index contributed by atoms with van der Waals surface area (Å²) in [4.78, 5) is 35.9. The van der Waals surface area contributed by atoms with Crippen LogP contribution in [0.25, 0.3) is 11.2 Å². The lowest BCUT2D eigenvalue weighted by molar-refractivity contribution is -0.117. The van der Waals surface area contributed by atoms with Crippen LogP contribution in [0.15, 0.2) is 36.7 Å². The van der Waals surface area contributed by atoms with Crippen molar-refractivity contribution in [3.05, 3.63) is 42.2 Å². The van der Waals surface area contributed by atoms with Crippen molar-refractivity contribution in [1.29, 1.82) is 0 Å². The van der Waals surface area contributed by atoms with E-state index in [1.165, 1.54) is 10.9 Å². The summed E-state index contributed by atoms with van der Waals surface area (Å²) in [5.74, 6) is 0.291. The van der Waals surface area contributed by atoms with Gasteiger partial charge in [-0.25, -0.2) is 19.4 Å². The Hall–Kier alpha value is -3.02. The number of carbonyl (C=O) groups is 2. The molecule has 1 amide bonds. The van der Waals surface area contributed by atoms with Crippen molar-refractivity contribution in [2.75, 3.05) is 44.5 Å². The van der Waals surface area contributed by atoms with E-state index in [0.29, 0.717) is 12.1 Å². The highest BCUT2D eigenvalue weighted by atomic mass is 35.5. The number of fused-ring (bicyclic) bond motifs is 1. The van der Waals surface area contributed by atoms with Gasteiger partial charge >= 0.3 is 13.8 Å². The number of amides is 1. The Balaban J connectivity index is 1.42. The lowest BCUT2D eigenvalue weighted by Crippen LogP contribution is -2.40. The summed E-state index contributed by atoms with van der Waals surface area (Å²) < 4.78 is 43.6. The number of hydrogen-bond acceptors (Lipinski definition) is 14. The molecule has 1 aromatic carbocycles. The molecule has 0 bridgehead atoms. The Kier molecular flexibility index (Phi) is 13.3. The number of nitrogen functional groups attached to an aromatic ring is 1. The second-order valence-corrected chi connectivity index (χ2v) is 15.5. The third-order valence-corrected chi connectivity index (χ3v) is 10.6. The van der Waals surface area contributed by atoms with E-state index >= 15 is 0 Å². The standard InChI is InChI=1S/C30H43ClN7O9PS/c1-6-43-24-21-23(36-27(32)37-24)38(18-34-21)25-30(5,31)22(39)20(47-25)16-46-48(42,35-15-19-11-9-8-10-12-19)45-13-14-49-26(40)29(3,4)17-33-28(41)44-7-2/h8-12,18,20,22,25,39H,6-7,13-17H2,1-5H3,(H,33,41)(H,35,42)(H2,32,36,37)/t20-,22-,25-,30-,48?/m1/s1. The number of alkyl halides is 1. The van der Waals surface area contributed by atoms with Gasteiger partial charge in [0.1, 0.15) is 17.1 Å². The number of rotatable bonds is 17. The van der Waals surface area contributed by atoms with Crippen molar-refractivity contribution >= 4 is 59.4 Å². The minimum absolute atomic E-state index is 0.0493. The number of halogens is 1. The molecule has 3 heterocycles. The molecule has 1 aliphatic rings. The average Bonchev–Trinajstić information content (AvgIpc) is 3.58. The molecule has 1 aliphatic heterocycles. The summed E-state index contributed by atoms with van der Waals surface area (Å²) in [6, 6.07) is 9.21. The topological polar surface area (TPSA) is 211 Å². The van der Waals surface area contributed by atoms with E-state index in [-0.39, 0.29) is 61.3 Å². The van der Waals surface area contributed by atoms with Gasteiger partial charge in [-0.15, -0.1) is 11.6 Å². The van der Waals surface area contributed by atoms with Crippen molar-refractivity contribution in [1.82, 2.24) is 29.9 Å². The van der Waals surface area contributed by atoms with Gasteiger partial charge in [0.2, 0.25) is 11.8 Å². The van der Waals surface area contributed by atoms with Gasteiger partial charge in [-0.3, -0.25) is 18.4 Å². The molecule has 0 spiro atoms. The average molecular weight is 744 g/mol. The van der Waals surface area contributed by atoms with Gasteiger partial charge in [0.15, 0.2) is 22.5 Å². The predicted octanol–water partition coefficient (Wildman–Crippen LogP) is 4.03. The molecule has 2 aromatic heterocycles. The van der Waals surface area contributed by atoms with Gasteiger partial charge in [-0.2, -0.15) is 9.97 Å². The van der Waals surface area contributed by atoms with E-state index < -0.39 is 42.6 Å². The van der Waals surface area contributed by atoms with Gasteiger partial charge in [0.25, 0.3) is 0 Å². The molecule has 1 fully saturated rings. The summed E-state index contributed by atoms with van der Waals surface area (Å²) in [6.07, 6.45) is -2.50. The molecule has 5 atom stereocenters. The van der Waals surface area contributed by atoms with E-state index in [0.717, 1.165) is 17.3 Å². The first-order valence-electron chi connectivity index (χ1n) is 15.6. The first-order chi connectivity index (χ1) is 23.2. The maximum Gasteiger partial charge on any atom is 0.407 e. The molecule has 1 saturated heterocycles. The second kappa shape index (κ2) is 16.8. The number of nitrogens with zero attached hydrogens (tertiary/aromatic N) is 4. The molecule has 16 nitrogen and oxygen atoms in total. The van der Waals surface area contributed by atoms with Crippen molar-refractivity contribution in [2.24, 2.45) is 5.41 Å². The van der Waals surface area contributed by atoms with Gasteiger partial charge in [-0.1, -0.05) is 55.9 Å². The Morgan fingerprint density at radius 1 is 1.20 bits per heavy atom. The normalized spacial score (nSPS) is 22.1. The van der Waals surface area contributed by atoms with Crippen molar-refractivity contribution in [2.45, 2.75) is 64.5 Å². The molecule has 3 aromatic rings. The van der Waals surface area contributed by atoms with Crippen LogP contribution in [0.2, 0.25) is 0 Å². The van der Waals surface area contributed by atoms with Crippen LogP contribution in [-0.4, -0.2) is 91.6 Å². The Bertz CT molecular complexity index is 1630. The number of anilines is 1. The summed E-state index contributed by atoms with van der Waals surface area (Å²) in [7, 11) is -4.03. The number of alkyl carbamates (subject to hydrolysis) is 1. The lowest BCUT2D eigenvalue weighted by atomic mass is 9.96. The van der Waals surface area contributed by atoms with Crippen LogP contribution in [0.4, 0.5) is 10.7 Å². The van der Waals surface area contributed by atoms with Crippen LogP contribution in [0.3, 0.4) is 0 Å². The van der Waals surface area contributed by atoms with E-state index in [1.807, 2.05) is 30.3 Å². The third kappa shape index (κ3) is 9.82. The summed E-state index contributed by atoms with van der Waals surface area (Å²) in [5, 5.41) is 16.4. The number of imidazole rings is 1. The highest BCUT2D eigenvalue weighted by Crippen LogP contribution is 2.48. The molecule has 19 heteroatoms. The number of nitrogens with two attached hydrogens (primary N) is 1. The number of aliphatic hydroxyl groups is 1. The van der Waals surface area contributed by atoms with Crippen LogP contribution in [0.1, 0.15) is 46.4 Å². The van der Waals surface area contributed by atoms with Gasteiger partial charge in [0, 0.05) is 18.8 Å². The fourth-order valence-electron chi connectivity index (χ4n) is 4.78. The minimum atomic E-state index is -4.03. The van der Waals surface area contributed by atoms with Gasteiger partial charge in [-0.05, 0) is 26.3 Å². The number of benzene rings is 1. The molecule has 5 N–H and O–H groups in total. The summed E-state index contributed by atoms with van der Waals surface area (Å²) in [5.41, 5.74) is 6.45. The van der Waals surface area contributed by atoms with Crippen LogP contribution in [0, 0.1) is 5.41 Å². The smallest absolute Gasteiger partial charge is 0.407 e. The predicted molar refractivity (Wildman–Crippen MR) is 184 cm³/mol. The fraction of sp³-hybridized carbons (Fsp3) is 0.567. The quantitative estimate of drug-likeness (QED) is 0.0874. The van der Waals surface area contributed by atoms with Crippen LogP contribution in [-0.2, 0) is 34.4 Å². The first-order valence-corrected chi connectivity index (χ1v) is 18.5. The summed E-state index contributed by atoms with van der Waals surface area (Å²) >= 11 is 7.83. The highest BCUT2D eigenvalue weighted by Gasteiger charge is 2.54. The molecular weight excluding hydrogens is 701 g/mol. The number of aliphatic hydroxyl groups excluding tert-OH is 1. The van der Waals surface area contributed by atoms with Crippen LogP contribution < -0.4 is 20.9 Å². The maximum absolute atomic E-state index is 14.0. The van der Waals surface area contributed by atoms with Gasteiger partial charge in [0.05, 0.1) is 38.2 Å². The first kappa shape index (κ1) is 38.8. The van der Waals surface area contributed by atoms with Crippen molar-refractivity contribution in [3.8, 4) is 5.88 Å². The maximum atomic E-state index is 14.0. The van der Waals surface area contributed by atoms with E-state index in [9.17, 15) is 19.3 Å².